The highest BCUT2D eigenvalue weighted by Crippen LogP contribution is 2.27. The second-order valence-electron chi connectivity index (χ2n) is 6.59. The van der Waals surface area contributed by atoms with E-state index in [2.05, 4.69) is 17.1 Å². The molecule has 0 radical (unpaired) electrons. The minimum Gasteiger partial charge on any atom is -0.493 e. The molecule has 1 fully saturated rings. The van der Waals surface area contributed by atoms with Crippen molar-refractivity contribution in [1.82, 2.24) is 10.2 Å². The maximum Gasteiger partial charge on any atom is 0.221 e. The molecular formula is C19H30N2O3. The summed E-state index contributed by atoms with van der Waals surface area (Å²) in [7, 11) is 3.26. The van der Waals surface area contributed by atoms with Crippen molar-refractivity contribution in [1.29, 1.82) is 0 Å². The molecule has 1 aromatic carbocycles. The van der Waals surface area contributed by atoms with E-state index in [-0.39, 0.29) is 5.91 Å². The van der Waals surface area contributed by atoms with Gasteiger partial charge in [0.25, 0.3) is 0 Å². The molecule has 1 heterocycles. The fraction of sp³-hybridized carbons (Fsp3) is 0.632. The molecule has 0 aromatic heterocycles. The Morgan fingerprint density at radius 2 is 2.08 bits per heavy atom. The standard InChI is InChI=1S/C19H30N2O3/c1-15-5-4-11-21(14-15)12-9-19(22)20-10-8-16-6-7-17(23-2)18(13-16)24-3/h6-7,13,15H,4-5,8-12,14H2,1-3H3,(H,20,22). The number of methoxy groups -OCH3 is 2. The summed E-state index contributed by atoms with van der Waals surface area (Å²) < 4.78 is 10.5. The van der Waals surface area contributed by atoms with Crippen LogP contribution in [0.15, 0.2) is 18.2 Å². The van der Waals surface area contributed by atoms with Crippen LogP contribution in [0.3, 0.4) is 0 Å². The first-order valence-corrected chi connectivity index (χ1v) is 8.82. The highest BCUT2D eigenvalue weighted by atomic mass is 16.5. The predicted octanol–water partition coefficient (Wildman–Crippen LogP) is 2.48. The highest BCUT2D eigenvalue weighted by molar-refractivity contribution is 5.76. The van der Waals surface area contributed by atoms with Gasteiger partial charge >= 0.3 is 0 Å². The monoisotopic (exact) mass is 334 g/mol. The van der Waals surface area contributed by atoms with E-state index in [0.717, 1.165) is 49.0 Å². The summed E-state index contributed by atoms with van der Waals surface area (Å²) in [5.41, 5.74) is 1.12. The van der Waals surface area contributed by atoms with Crippen LogP contribution in [0, 0.1) is 5.92 Å². The summed E-state index contributed by atoms with van der Waals surface area (Å²) >= 11 is 0. The van der Waals surface area contributed by atoms with E-state index in [1.807, 2.05) is 18.2 Å². The van der Waals surface area contributed by atoms with E-state index in [4.69, 9.17) is 9.47 Å². The van der Waals surface area contributed by atoms with E-state index in [1.54, 1.807) is 14.2 Å². The minimum atomic E-state index is 0.133. The minimum absolute atomic E-state index is 0.133. The van der Waals surface area contributed by atoms with Crippen LogP contribution in [0.4, 0.5) is 0 Å². The zero-order valence-electron chi connectivity index (χ0n) is 15.1. The Morgan fingerprint density at radius 3 is 2.79 bits per heavy atom. The topological polar surface area (TPSA) is 50.8 Å². The lowest BCUT2D eigenvalue weighted by Gasteiger charge is -2.30. The van der Waals surface area contributed by atoms with Gasteiger partial charge < -0.3 is 19.7 Å². The first-order chi connectivity index (χ1) is 11.6. The predicted molar refractivity (Wildman–Crippen MR) is 95.7 cm³/mol. The number of benzene rings is 1. The summed E-state index contributed by atoms with van der Waals surface area (Å²) in [6.07, 6.45) is 3.93. The molecule has 24 heavy (non-hydrogen) atoms. The number of rotatable bonds is 8. The zero-order valence-corrected chi connectivity index (χ0v) is 15.1. The lowest BCUT2D eigenvalue weighted by molar-refractivity contribution is -0.121. The SMILES string of the molecule is COc1ccc(CCNC(=O)CCN2CCCC(C)C2)cc1OC. The lowest BCUT2D eigenvalue weighted by atomic mass is 10.0. The summed E-state index contributed by atoms with van der Waals surface area (Å²) in [4.78, 5) is 14.4. The third-order valence-electron chi connectivity index (χ3n) is 4.58. The van der Waals surface area contributed by atoms with Gasteiger partial charge in [-0.1, -0.05) is 13.0 Å². The van der Waals surface area contributed by atoms with E-state index in [1.165, 1.54) is 12.8 Å². The number of carbonyl (C=O) groups is 1. The van der Waals surface area contributed by atoms with Gasteiger partial charge in [-0.15, -0.1) is 0 Å². The number of ether oxygens (including phenoxy) is 2. The van der Waals surface area contributed by atoms with Crippen molar-refractivity contribution in [3.8, 4) is 11.5 Å². The van der Waals surface area contributed by atoms with Gasteiger partial charge in [0.05, 0.1) is 14.2 Å². The molecule has 1 aromatic rings. The molecule has 134 valence electrons. The maximum absolute atomic E-state index is 12.0. The maximum atomic E-state index is 12.0. The first-order valence-electron chi connectivity index (χ1n) is 8.82. The van der Waals surface area contributed by atoms with Crippen LogP contribution < -0.4 is 14.8 Å². The van der Waals surface area contributed by atoms with Gasteiger partial charge in [-0.25, -0.2) is 0 Å². The Morgan fingerprint density at radius 1 is 1.29 bits per heavy atom. The van der Waals surface area contributed by atoms with Crippen molar-refractivity contribution in [3.63, 3.8) is 0 Å². The molecule has 1 saturated heterocycles. The second kappa shape index (κ2) is 9.52. The van der Waals surface area contributed by atoms with E-state index < -0.39 is 0 Å². The van der Waals surface area contributed by atoms with E-state index in [9.17, 15) is 4.79 Å². The molecule has 0 spiro atoms. The molecule has 1 atom stereocenters. The van der Waals surface area contributed by atoms with Crippen LogP contribution in [-0.2, 0) is 11.2 Å². The Kier molecular flexibility index (Phi) is 7.37. The molecular weight excluding hydrogens is 304 g/mol. The number of hydrogen-bond donors (Lipinski definition) is 1. The Balaban J connectivity index is 1.68. The average Bonchev–Trinajstić information content (AvgIpc) is 2.60. The van der Waals surface area contributed by atoms with Gasteiger partial charge in [-0.05, 0) is 49.4 Å². The Hall–Kier alpha value is -1.75. The van der Waals surface area contributed by atoms with Crippen LogP contribution in [0.2, 0.25) is 0 Å². The fourth-order valence-corrected chi connectivity index (χ4v) is 3.22. The number of amides is 1. The molecule has 1 unspecified atom stereocenters. The number of piperidine rings is 1. The number of hydrogen-bond acceptors (Lipinski definition) is 4. The van der Waals surface area contributed by atoms with Crippen LogP contribution in [-0.4, -0.2) is 51.2 Å². The van der Waals surface area contributed by atoms with E-state index >= 15 is 0 Å². The van der Waals surface area contributed by atoms with Gasteiger partial charge in [0.2, 0.25) is 5.91 Å². The highest BCUT2D eigenvalue weighted by Gasteiger charge is 2.16. The summed E-state index contributed by atoms with van der Waals surface area (Å²) in [5.74, 6) is 2.34. The largest absolute Gasteiger partial charge is 0.493 e. The van der Waals surface area contributed by atoms with Crippen molar-refractivity contribution < 1.29 is 14.3 Å². The van der Waals surface area contributed by atoms with Crippen LogP contribution in [0.1, 0.15) is 31.7 Å². The van der Waals surface area contributed by atoms with Gasteiger partial charge in [-0.3, -0.25) is 4.79 Å². The van der Waals surface area contributed by atoms with Gasteiger partial charge in [0, 0.05) is 26.1 Å². The van der Waals surface area contributed by atoms with Crippen LogP contribution in [0.5, 0.6) is 11.5 Å². The average molecular weight is 334 g/mol. The Bertz CT molecular complexity index is 533. The van der Waals surface area contributed by atoms with E-state index in [0.29, 0.717) is 13.0 Å². The van der Waals surface area contributed by atoms with Crippen molar-refractivity contribution in [3.05, 3.63) is 23.8 Å². The molecule has 1 aliphatic heterocycles. The second-order valence-corrected chi connectivity index (χ2v) is 6.59. The number of carbonyl (C=O) groups excluding carboxylic acids is 1. The summed E-state index contributed by atoms with van der Waals surface area (Å²) in [6.45, 7) is 6.05. The normalized spacial score (nSPS) is 18.2. The molecule has 1 amide bonds. The van der Waals surface area contributed by atoms with Gasteiger partial charge in [0.1, 0.15) is 0 Å². The Labute approximate surface area is 145 Å². The third kappa shape index (κ3) is 5.71. The molecule has 2 rings (SSSR count). The first kappa shape index (κ1) is 18.6. The van der Waals surface area contributed by atoms with Crippen molar-refractivity contribution in [2.75, 3.05) is 40.4 Å². The van der Waals surface area contributed by atoms with Gasteiger partial charge in [-0.2, -0.15) is 0 Å². The fourth-order valence-electron chi connectivity index (χ4n) is 3.22. The van der Waals surface area contributed by atoms with Crippen molar-refractivity contribution in [2.45, 2.75) is 32.6 Å². The molecule has 1 aliphatic rings. The molecule has 5 heteroatoms. The summed E-state index contributed by atoms with van der Waals surface area (Å²) in [5, 5.41) is 3.01. The van der Waals surface area contributed by atoms with Gasteiger partial charge in [0.15, 0.2) is 11.5 Å². The van der Waals surface area contributed by atoms with Crippen LogP contribution in [0.25, 0.3) is 0 Å². The lowest BCUT2D eigenvalue weighted by Crippen LogP contribution is -2.37. The smallest absolute Gasteiger partial charge is 0.221 e. The molecule has 5 nitrogen and oxygen atoms in total. The number of nitrogens with zero attached hydrogens (tertiary/aromatic N) is 1. The number of likely N-dealkylation sites (tertiary alicyclic amines) is 1. The quantitative estimate of drug-likeness (QED) is 0.793. The third-order valence-corrected chi connectivity index (χ3v) is 4.58. The molecule has 1 N–H and O–H groups in total. The molecule has 0 bridgehead atoms. The van der Waals surface area contributed by atoms with Crippen molar-refractivity contribution >= 4 is 5.91 Å². The zero-order chi connectivity index (χ0) is 17.4. The molecule has 0 aliphatic carbocycles. The van der Waals surface area contributed by atoms with Crippen LogP contribution >= 0.6 is 0 Å². The molecule has 0 saturated carbocycles. The van der Waals surface area contributed by atoms with Crippen molar-refractivity contribution in [2.24, 2.45) is 5.92 Å². The number of nitrogens with one attached hydrogen (secondary N) is 1. The summed E-state index contributed by atoms with van der Waals surface area (Å²) in [6, 6.07) is 5.86.